The first kappa shape index (κ1) is 12.8. The third-order valence-electron chi connectivity index (χ3n) is 4.70. The smallest absolute Gasteiger partial charge is 0.0641 e. The number of hydrogen-bond donors (Lipinski definition) is 2. The summed E-state index contributed by atoms with van der Waals surface area (Å²) in [5.41, 5.74) is 2.66. The van der Waals surface area contributed by atoms with Gasteiger partial charge in [-0.3, -0.25) is 0 Å². The van der Waals surface area contributed by atoms with Crippen molar-refractivity contribution in [2.45, 2.75) is 39.5 Å². The van der Waals surface area contributed by atoms with E-state index in [1.54, 1.807) is 0 Å². The van der Waals surface area contributed by atoms with Gasteiger partial charge in [0.25, 0.3) is 0 Å². The van der Waals surface area contributed by atoms with E-state index in [1.807, 2.05) is 0 Å². The molecule has 96 valence electrons. The fraction of sp³-hybridized carbons (Fsp3) is 0.733. The summed E-state index contributed by atoms with van der Waals surface area (Å²) in [7, 11) is 0. The summed E-state index contributed by atoms with van der Waals surface area (Å²) in [6, 6.07) is 0. The zero-order chi connectivity index (χ0) is 12.5. The Morgan fingerprint density at radius 2 is 2.12 bits per heavy atom. The summed E-state index contributed by atoms with van der Waals surface area (Å²) in [5.74, 6) is 1.07. The van der Waals surface area contributed by atoms with Gasteiger partial charge >= 0.3 is 0 Å². The van der Waals surface area contributed by atoms with E-state index in [-0.39, 0.29) is 18.6 Å². The quantitative estimate of drug-likeness (QED) is 0.724. The lowest BCUT2D eigenvalue weighted by atomic mass is 10.0. The molecule has 2 aliphatic rings. The van der Waals surface area contributed by atoms with Crippen LogP contribution in [0, 0.1) is 17.3 Å². The van der Waals surface area contributed by atoms with Gasteiger partial charge in [0.2, 0.25) is 0 Å². The number of hydrogen-bond acceptors (Lipinski definition) is 2. The standard InChI is InChI=1S/C15H24O2/c1-11-4-3-5-12(9-16)8-14-13(7-6-11)15(14,2)10-17/h4,8,13-14,16-17H,3,5-7,9-10H2,1-2H3/b11-4+,12-8+/t13-,14+,15+/m1/s1. The number of fused-ring (bicyclic) bond motifs is 1. The van der Waals surface area contributed by atoms with Crippen LogP contribution in [0.1, 0.15) is 39.5 Å². The van der Waals surface area contributed by atoms with Crippen molar-refractivity contribution in [2.24, 2.45) is 17.3 Å². The van der Waals surface area contributed by atoms with E-state index >= 15 is 0 Å². The van der Waals surface area contributed by atoms with Gasteiger partial charge in [-0.1, -0.05) is 24.6 Å². The molecule has 2 N–H and O–H groups in total. The Kier molecular flexibility index (Phi) is 3.74. The Morgan fingerprint density at radius 3 is 2.76 bits per heavy atom. The van der Waals surface area contributed by atoms with E-state index in [0.29, 0.717) is 11.8 Å². The number of allylic oxidation sites excluding steroid dienone is 3. The van der Waals surface area contributed by atoms with Crippen molar-refractivity contribution in [3.8, 4) is 0 Å². The second-order valence-electron chi connectivity index (χ2n) is 5.91. The zero-order valence-electron chi connectivity index (χ0n) is 10.9. The van der Waals surface area contributed by atoms with Crippen LogP contribution in [-0.2, 0) is 0 Å². The van der Waals surface area contributed by atoms with Gasteiger partial charge < -0.3 is 10.2 Å². The van der Waals surface area contributed by atoms with Gasteiger partial charge in [-0.05, 0) is 50.0 Å². The van der Waals surface area contributed by atoms with E-state index in [9.17, 15) is 10.2 Å². The molecule has 0 aromatic rings. The third kappa shape index (κ3) is 2.48. The Balaban J connectivity index is 2.17. The highest BCUT2D eigenvalue weighted by Gasteiger charge is 2.58. The Hall–Kier alpha value is -0.600. The van der Waals surface area contributed by atoms with Crippen LogP contribution >= 0.6 is 0 Å². The first-order chi connectivity index (χ1) is 8.11. The van der Waals surface area contributed by atoms with E-state index < -0.39 is 0 Å². The van der Waals surface area contributed by atoms with Crippen LogP contribution in [0.5, 0.6) is 0 Å². The predicted octanol–water partition coefficient (Wildman–Crippen LogP) is 2.67. The topological polar surface area (TPSA) is 40.5 Å². The van der Waals surface area contributed by atoms with Crippen molar-refractivity contribution < 1.29 is 10.2 Å². The van der Waals surface area contributed by atoms with E-state index in [1.165, 1.54) is 12.0 Å². The number of rotatable bonds is 2. The minimum absolute atomic E-state index is 0.0606. The lowest BCUT2D eigenvalue weighted by molar-refractivity contribution is 0.205. The molecular formula is C15H24O2. The average molecular weight is 236 g/mol. The molecule has 2 aliphatic carbocycles. The maximum atomic E-state index is 9.54. The highest BCUT2D eigenvalue weighted by atomic mass is 16.3. The van der Waals surface area contributed by atoms with Crippen molar-refractivity contribution in [3.63, 3.8) is 0 Å². The molecule has 0 spiro atoms. The summed E-state index contributed by atoms with van der Waals surface area (Å²) in [4.78, 5) is 0. The Bertz CT molecular complexity index is 343. The van der Waals surface area contributed by atoms with Crippen molar-refractivity contribution >= 4 is 0 Å². The zero-order valence-corrected chi connectivity index (χ0v) is 10.9. The van der Waals surface area contributed by atoms with Crippen molar-refractivity contribution in [1.29, 1.82) is 0 Å². The molecule has 0 unspecified atom stereocenters. The molecule has 0 amide bonds. The molecule has 0 saturated heterocycles. The fourth-order valence-electron chi connectivity index (χ4n) is 3.20. The van der Waals surface area contributed by atoms with Crippen LogP contribution in [0.2, 0.25) is 0 Å². The minimum Gasteiger partial charge on any atom is -0.396 e. The highest BCUT2D eigenvalue weighted by Crippen LogP contribution is 2.61. The summed E-state index contributed by atoms with van der Waals surface area (Å²) >= 11 is 0. The number of aliphatic hydroxyl groups excluding tert-OH is 2. The number of aliphatic hydroxyl groups is 2. The molecule has 0 radical (unpaired) electrons. The minimum atomic E-state index is 0.0606. The predicted molar refractivity (Wildman–Crippen MR) is 69.6 cm³/mol. The second kappa shape index (κ2) is 4.95. The maximum absolute atomic E-state index is 9.54. The van der Waals surface area contributed by atoms with Crippen LogP contribution in [0.15, 0.2) is 23.3 Å². The summed E-state index contributed by atoms with van der Waals surface area (Å²) in [6.45, 7) is 4.79. The van der Waals surface area contributed by atoms with E-state index in [0.717, 1.165) is 24.8 Å². The highest BCUT2D eigenvalue weighted by molar-refractivity contribution is 5.22. The fourth-order valence-corrected chi connectivity index (χ4v) is 3.20. The Morgan fingerprint density at radius 1 is 1.35 bits per heavy atom. The molecule has 0 aromatic heterocycles. The summed E-state index contributed by atoms with van der Waals surface area (Å²) in [6.07, 6.45) is 8.83. The largest absolute Gasteiger partial charge is 0.396 e. The van der Waals surface area contributed by atoms with Crippen molar-refractivity contribution in [1.82, 2.24) is 0 Å². The van der Waals surface area contributed by atoms with Crippen LogP contribution in [0.3, 0.4) is 0 Å². The molecule has 0 aliphatic heterocycles. The lowest BCUT2D eigenvalue weighted by Gasteiger charge is -2.06. The van der Waals surface area contributed by atoms with Crippen LogP contribution in [0.25, 0.3) is 0 Å². The summed E-state index contributed by atoms with van der Waals surface area (Å²) < 4.78 is 0. The normalized spacial score (nSPS) is 44.0. The Labute approximate surface area is 104 Å². The van der Waals surface area contributed by atoms with Gasteiger partial charge in [0.15, 0.2) is 0 Å². The SMILES string of the molecule is C/C1=C\CC/C(CO)=C\[C@H]2[C@@H](CC1)[C@]2(C)CO. The van der Waals surface area contributed by atoms with Gasteiger partial charge in [0, 0.05) is 12.0 Å². The molecule has 2 rings (SSSR count). The maximum Gasteiger partial charge on any atom is 0.0641 e. The molecule has 2 heteroatoms. The van der Waals surface area contributed by atoms with Crippen molar-refractivity contribution in [2.75, 3.05) is 13.2 Å². The monoisotopic (exact) mass is 236 g/mol. The average Bonchev–Trinajstić information content (AvgIpc) is 2.90. The molecule has 2 nitrogen and oxygen atoms in total. The molecule has 1 fully saturated rings. The van der Waals surface area contributed by atoms with Gasteiger partial charge in [0.1, 0.15) is 0 Å². The van der Waals surface area contributed by atoms with Gasteiger partial charge in [-0.25, -0.2) is 0 Å². The molecule has 1 saturated carbocycles. The molecular weight excluding hydrogens is 212 g/mol. The summed E-state index contributed by atoms with van der Waals surface area (Å²) in [5, 5.41) is 18.9. The molecule has 17 heavy (non-hydrogen) atoms. The van der Waals surface area contributed by atoms with E-state index in [4.69, 9.17) is 0 Å². The second-order valence-corrected chi connectivity index (χ2v) is 5.91. The molecule has 3 atom stereocenters. The van der Waals surface area contributed by atoms with Gasteiger partial charge in [0.05, 0.1) is 6.61 Å². The third-order valence-corrected chi connectivity index (χ3v) is 4.70. The van der Waals surface area contributed by atoms with Crippen LogP contribution in [-0.4, -0.2) is 23.4 Å². The van der Waals surface area contributed by atoms with Crippen LogP contribution in [0.4, 0.5) is 0 Å². The van der Waals surface area contributed by atoms with Crippen molar-refractivity contribution in [3.05, 3.63) is 23.3 Å². The molecule has 0 aromatic carbocycles. The van der Waals surface area contributed by atoms with Crippen LogP contribution < -0.4 is 0 Å². The van der Waals surface area contributed by atoms with E-state index in [2.05, 4.69) is 26.0 Å². The lowest BCUT2D eigenvalue weighted by Crippen LogP contribution is -2.05. The first-order valence-electron chi connectivity index (χ1n) is 6.68. The molecule has 0 heterocycles. The van der Waals surface area contributed by atoms with Gasteiger partial charge in [-0.15, -0.1) is 0 Å². The molecule has 0 bridgehead atoms. The van der Waals surface area contributed by atoms with Gasteiger partial charge in [-0.2, -0.15) is 0 Å². The first-order valence-corrected chi connectivity index (χ1v) is 6.68.